The van der Waals surface area contributed by atoms with Crippen LogP contribution in [0.4, 0.5) is 4.79 Å². The quantitative estimate of drug-likeness (QED) is 0.383. The molecule has 0 saturated carbocycles. The van der Waals surface area contributed by atoms with Gasteiger partial charge < -0.3 is 24.6 Å². The number of ether oxygens (including phenoxy) is 2. The molecule has 3 aliphatic rings. The van der Waals surface area contributed by atoms with Crippen LogP contribution in [0.5, 0.6) is 11.5 Å². The van der Waals surface area contributed by atoms with E-state index in [9.17, 15) is 14.4 Å². The van der Waals surface area contributed by atoms with E-state index in [1.54, 1.807) is 20.8 Å². The minimum atomic E-state index is -0.743. The summed E-state index contributed by atoms with van der Waals surface area (Å²) in [5.74, 6) is 0.869. The Bertz CT molecular complexity index is 1530. The second-order valence-corrected chi connectivity index (χ2v) is 10.7. The molecule has 0 radical (unpaired) electrons. The van der Waals surface area contributed by atoms with Crippen LogP contribution in [0.1, 0.15) is 17.2 Å². The Morgan fingerprint density at radius 2 is 1.67 bits per heavy atom. The molecule has 0 aliphatic carbocycles. The molecule has 6 rings (SSSR count). The molecule has 3 aromatic carbocycles. The number of urea groups is 1. The van der Waals surface area contributed by atoms with E-state index < -0.39 is 12.1 Å². The van der Waals surface area contributed by atoms with Crippen molar-refractivity contribution in [1.29, 1.82) is 0 Å². The maximum atomic E-state index is 14.4. The highest BCUT2D eigenvalue weighted by atomic mass is 16.5. The predicted octanol–water partition coefficient (Wildman–Crippen LogP) is 4.30. The molecule has 1 fully saturated rings. The maximum Gasteiger partial charge on any atom is 0.322 e. The highest BCUT2D eigenvalue weighted by molar-refractivity contribution is 6.03. The Morgan fingerprint density at radius 3 is 2.40 bits per heavy atom. The summed E-state index contributed by atoms with van der Waals surface area (Å²) in [6, 6.07) is 24.7. The summed E-state index contributed by atoms with van der Waals surface area (Å²) >= 11 is 0. The van der Waals surface area contributed by atoms with E-state index >= 15 is 0 Å². The van der Waals surface area contributed by atoms with Gasteiger partial charge in [0.25, 0.3) is 5.91 Å². The minimum Gasteiger partial charge on any atom is -0.457 e. The van der Waals surface area contributed by atoms with Crippen LogP contribution in [0.25, 0.3) is 0 Å². The highest BCUT2D eigenvalue weighted by Crippen LogP contribution is 2.39. The largest absolute Gasteiger partial charge is 0.457 e. The van der Waals surface area contributed by atoms with Crippen molar-refractivity contribution in [3.05, 3.63) is 120 Å². The zero-order valence-electron chi connectivity index (χ0n) is 23.9. The first-order chi connectivity index (χ1) is 21.0. The van der Waals surface area contributed by atoms with Gasteiger partial charge in [0, 0.05) is 26.1 Å². The van der Waals surface area contributed by atoms with Gasteiger partial charge in [0.05, 0.1) is 37.1 Å². The summed E-state index contributed by atoms with van der Waals surface area (Å²) in [6.45, 7) is 6.05. The van der Waals surface area contributed by atoms with Gasteiger partial charge in [-0.1, -0.05) is 66.7 Å². The number of nitrogens with zero attached hydrogens (tertiary/aromatic N) is 3. The van der Waals surface area contributed by atoms with E-state index in [0.717, 1.165) is 5.56 Å². The molecule has 0 aromatic heterocycles. The molecule has 0 bridgehead atoms. The molecule has 1 N–H and O–H groups in total. The molecule has 1 saturated heterocycles. The number of hydrogen-bond acceptors (Lipinski definition) is 5. The fraction of sp³-hybridized carbons (Fsp3) is 0.265. The first kappa shape index (κ1) is 28.2. The van der Waals surface area contributed by atoms with Gasteiger partial charge >= 0.3 is 6.03 Å². The molecule has 2 atom stereocenters. The van der Waals surface area contributed by atoms with Crippen LogP contribution >= 0.6 is 0 Å². The zero-order valence-corrected chi connectivity index (χ0v) is 23.9. The lowest BCUT2D eigenvalue weighted by Gasteiger charge is -2.35. The molecule has 220 valence electrons. The maximum absolute atomic E-state index is 14.4. The Balaban J connectivity index is 1.35. The number of para-hydroxylation sites is 1. The molecule has 4 amide bonds. The third-order valence-corrected chi connectivity index (χ3v) is 7.99. The van der Waals surface area contributed by atoms with Crippen LogP contribution in [0.2, 0.25) is 0 Å². The minimum absolute atomic E-state index is 0.121. The average Bonchev–Trinajstić information content (AvgIpc) is 3.38. The van der Waals surface area contributed by atoms with Crippen molar-refractivity contribution in [3.8, 4) is 11.5 Å². The van der Waals surface area contributed by atoms with Gasteiger partial charge in [-0.3, -0.25) is 14.5 Å². The molecule has 3 aliphatic heterocycles. The molecule has 0 spiro atoms. The third-order valence-electron chi connectivity index (χ3n) is 7.99. The van der Waals surface area contributed by atoms with Gasteiger partial charge in [0.1, 0.15) is 17.5 Å². The summed E-state index contributed by atoms with van der Waals surface area (Å²) in [6.07, 6.45) is 1.99. The van der Waals surface area contributed by atoms with Gasteiger partial charge in [-0.25, -0.2) is 4.79 Å². The normalized spacial score (nSPS) is 19.2. The molecule has 43 heavy (non-hydrogen) atoms. The van der Waals surface area contributed by atoms with E-state index in [2.05, 4.69) is 11.9 Å². The van der Waals surface area contributed by atoms with E-state index in [1.807, 2.05) is 84.9 Å². The SMILES string of the molecule is C=CCN1C(=O)N[C@H](c2cccc(Oc3ccccc3)c2)C2=C1CN([C@@H](Cc1ccccc1)C(=O)N1CCOCC1)C2=O. The van der Waals surface area contributed by atoms with Crippen molar-refractivity contribution < 1.29 is 23.9 Å². The van der Waals surface area contributed by atoms with Crippen LogP contribution in [0.3, 0.4) is 0 Å². The molecular weight excluding hydrogens is 544 g/mol. The van der Waals surface area contributed by atoms with Crippen LogP contribution < -0.4 is 10.1 Å². The average molecular weight is 579 g/mol. The molecule has 9 heteroatoms. The standard InChI is InChI=1S/C34H34N4O5/c1-2-16-37-29-23-38(28(21-24-10-5-3-6-11-24)32(39)36-17-19-42-20-18-36)33(40)30(29)31(35-34(37)41)25-12-9-15-27(22-25)43-26-13-7-4-8-14-26/h2-15,22,28,31H,1,16-21,23H2,(H,35,41)/t28-,31+/m0/s1. The number of hydrogen-bond donors (Lipinski definition) is 1. The van der Waals surface area contributed by atoms with Crippen molar-refractivity contribution in [2.45, 2.75) is 18.5 Å². The molecule has 0 unspecified atom stereocenters. The Kier molecular flexibility index (Phi) is 8.24. The van der Waals surface area contributed by atoms with Gasteiger partial charge in [-0.2, -0.15) is 0 Å². The van der Waals surface area contributed by atoms with Crippen LogP contribution in [-0.2, 0) is 20.7 Å². The Hall–Kier alpha value is -4.89. The summed E-state index contributed by atoms with van der Waals surface area (Å²) in [7, 11) is 0. The smallest absolute Gasteiger partial charge is 0.322 e. The fourth-order valence-corrected chi connectivity index (χ4v) is 5.88. The third kappa shape index (κ3) is 5.89. The number of morpholine rings is 1. The molecular formula is C34H34N4O5. The van der Waals surface area contributed by atoms with E-state index in [4.69, 9.17) is 9.47 Å². The lowest BCUT2D eigenvalue weighted by atomic mass is 9.95. The van der Waals surface area contributed by atoms with Crippen LogP contribution in [0, 0.1) is 0 Å². The van der Waals surface area contributed by atoms with Crippen LogP contribution in [-0.4, -0.2) is 78.0 Å². The van der Waals surface area contributed by atoms with E-state index in [1.165, 1.54) is 0 Å². The van der Waals surface area contributed by atoms with Gasteiger partial charge in [0.15, 0.2) is 0 Å². The number of amides is 4. The number of carbonyl (C=O) groups is 3. The monoisotopic (exact) mass is 578 g/mol. The predicted molar refractivity (Wildman–Crippen MR) is 161 cm³/mol. The van der Waals surface area contributed by atoms with Crippen molar-refractivity contribution in [1.82, 2.24) is 20.0 Å². The number of benzene rings is 3. The van der Waals surface area contributed by atoms with Crippen LogP contribution in [0.15, 0.2) is 109 Å². The second-order valence-electron chi connectivity index (χ2n) is 10.7. The molecule has 3 aromatic rings. The zero-order chi connectivity index (χ0) is 29.8. The number of carbonyl (C=O) groups excluding carboxylic acids is 3. The fourth-order valence-electron chi connectivity index (χ4n) is 5.88. The van der Waals surface area contributed by atoms with Crippen molar-refractivity contribution in [2.24, 2.45) is 0 Å². The summed E-state index contributed by atoms with van der Waals surface area (Å²) in [5, 5.41) is 3.03. The van der Waals surface area contributed by atoms with Crippen molar-refractivity contribution >= 4 is 17.8 Å². The topological polar surface area (TPSA) is 91.4 Å². The van der Waals surface area contributed by atoms with Gasteiger partial charge in [-0.15, -0.1) is 6.58 Å². The summed E-state index contributed by atoms with van der Waals surface area (Å²) < 4.78 is 11.5. The number of nitrogens with one attached hydrogen (secondary N) is 1. The Morgan fingerprint density at radius 1 is 0.977 bits per heavy atom. The van der Waals surface area contributed by atoms with Gasteiger partial charge in [-0.05, 0) is 35.4 Å². The van der Waals surface area contributed by atoms with Crippen molar-refractivity contribution in [2.75, 3.05) is 39.4 Å². The Labute approximate surface area is 251 Å². The lowest BCUT2D eigenvalue weighted by Crippen LogP contribution is -2.53. The van der Waals surface area contributed by atoms with E-state index in [0.29, 0.717) is 61.1 Å². The summed E-state index contributed by atoms with van der Waals surface area (Å²) in [5.41, 5.74) is 2.69. The first-order valence-corrected chi connectivity index (χ1v) is 14.5. The first-order valence-electron chi connectivity index (χ1n) is 14.5. The second kappa shape index (κ2) is 12.5. The van der Waals surface area contributed by atoms with Gasteiger partial charge in [0.2, 0.25) is 5.91 Å². The molecule has 9 nitrogen and oxygen atoms in total. The lowest BCUT2D eigenvalue weighted by molar-refractivity contribution is -0.145. The summed E-state index contributed by atoms with van der Waals surface area (Å²) in [4.78, 5) is 46.8. The number of rotatable bonds is 9. The van der Waals surface area contributed by atoms with Crippen molar-refractivity contribution in [3.63, 3.8) is 0 Å². The molecule has 3 heterocycles. The highest BCUT2D eigenvalue weighted by Gasteiger charge is 2.47. The van der Waals surface area contributed by atoms with E-state index in [-0.39, 0.29) is 30.9 Å².